The minimum Gasteiger partial charge on any atom is -0.344 e. The number of hydrogen-bond acceptors (Lipinski definition) is 5. The van der Waals surface area contributed by atoms with Gasteiger partial charge in [-0.2, -0.15) is 0 Å². The zero-order valence-electron chi connectivity index (χ0n) is 24.0. The van der Waals surface area contributed by atoms with E-state index in [1.165, 1.54) is 6.92 Å². The molecule has 208 valence electrons. The van der Waals surface area contributed by atoms with Crippen molar-refractivity contribution in [1.82, 2.24) is 20.9 Å². The Morgan fingerprint density at radius 3 is 2.03 bits per heavy atom. The van der Waals surface area contributed by atoms with Crippen LogP contribution in [0.4, 0.5) is 4.79 Å². The average molecular weight is 519 g/mol. The molecule has 0 aromatic carbocycles. The van der Waals surface area contributed by atoms with Gasteiger partial charge in [0.2, 0.25) is 17.6 Å². The molecule has 0 aromatic heterocycles. The Morgan fingerprint density at radius 2 is 1.57 bits per heavy atom. The smallest absolute Gasteiger partial charge is 0.315 e. The number of amides is 4. The molecule has 37 heavy (non-hydrogen) atoms. The number of urea groups is 1. The quantitative estimate of drug-likeness (QED) is 0.426. The highest BCUT2D eigenvalue weighted by atomic mass is 16.2. The van der Waals surface area contributed by atoms with Crippen molar-refractivity contribution >= 4 is 29.4 Å². The third-order valence-corrected chi connectivity index (χ3v) is 8.41. The number of carbonyl (C=O) groups is 5. The Bertz CT molecular complexity index is 957. The topological polar surface area (TPSA) is 125 Å². The summed E-state index contributed by atoms with van der Waals surface area (Å²) >= 11 is 0. The maximum absolute atomic E-state index is 13.9. The van der Waals surface area contributed by atoms with Gasteiger partial charge in [0.25, 0.3) is 0 Å². The highest BCUT2D eigenvalue weighted by Gasteiger charge is 2.70. The van der Waals surface area contributed by atoms with E-state index in [1.54, 1.807) is 4.90 Å². The molecule has 3 fully saturated rings. The standard InChI is InChI=1S/C28H46N4O5/c1-15(33)21(34)18(13-16-11-10-12-16)29-23(35)20-19-17(28(19,8)9)14-32(20)24(36)22(26(2,3)4)30-25(37)31-27(5,6)7/h16-20,22H,10-14H2,1-9H3,(H,29,35)(H2,30,31,37)/t17?,18?,19?,20-,22+/m0/s1. The Balaban J connectivity index is 1.83. The van der Waals surface area contributed by atoms with Gasteiger partial charge in [-0.3, -0.25) is 19.2 Å². The fourth-order valence-electron chi connectivity index (χ4n) is 5.93. The van der Waals surface area contributed by atoms with Crippen LogP contribution in [-0.2, 0) is 19.2 Å². The first-order valence-electron chi connectivity index (χ1n) is 13.6. The number of hydrogen-bond donors (Lipinski definition) is 3. The van der Waals surface area contributed by atoms with Gasteiger partial charge in [0.1, 0.15) is 12.1 Å². The SMILES string of the molecule is CC(=O)C(=O)C(CC1CCC1)NC(=O)[C@@H]1C2C(CN1C(=O)[C@@H](NC(=O)NC(C)(C)C)C(C)(C)C)C2(C)C. The van der Waals surface area contributed by atoms with Crippen LogP contribution in [-0.4, -0.2) is 64.5 Å². The third kappa shape index (κ3) is 6.34. The molecule has 1 aliphatic heterocycles. The summed E-state index contributed by atoms with van der Waals surface area (Å²) in [6.07, 6.45) is 3.51. The minimum absolute atomic E-state index is 0.0442. The Morgan fingerprint density at radius 1 is 0.973 bits per heavy atom. The molecule has 1 heterocycles. The van der Waals surface area contributed by atoms with Gasteiger partial charge in [-0.25, -0.2) is 4.79 Å². The van der Waals surface area contributed by atoms with Crippen LogP contribution in [0.5, 0.6) is 0 Å². The zero-order chi connectivity index (χ0) is 28.1. The third-order valence-electron chi connectivity index (χ3n) is 8.41. The Kier molecular flexibility index (Phi) is 7.89. The molecule has 2 saturated carbocycles. The second kappa shape index (κ2) is 10.0. The van der Waals surface area contributed by atoms with E-state index in [0.717, 1.165) is 19.3 Å². The number of fused-ring (bicyclic) bond motifs is 1. The molecule has 9 nitrogen and oxygen atoms in total. The van der Waals surface area contributed by atoms with Crippen LogP contribution in [0, 0.1) is 28.6 Å². The number of nitrogens with zero attached hydrogens (tertiary/aromatic N) is 1. The molecular weight excluding hydrogens is 472 g/mol. The van der Waals surface area contributed by atoms with Gasteiger partial charge >= 0.3 is 6.03 Å². The monoisotopic (exact) mass is 518 g/mol. The number of rotatable bonds is 8. The lowest BCUT2D eigenvalue weighted by Crippen LogP contribution is -2.62. The number of nitrogens with one attached hydrogen (secondary N) is 3. The van der Waals surface area contributed by atoms with Crippen LogP contribution in [0.3, 0.4) is 0 Å². The largest absolute Gasteiger partial charge is 0.344 e. The Labute approximate surface area is 221 Å². The highest BCUT2D eigenvalue weighted by molar-refractivity contribution is 6.38. The summed E-state index contributed by atoms with van der Waals surface area (Å²) in [7, 11) is 0. The first kappa shape index (κ1) is 29.1. The highest BCUT2D eigenvalue weighted by Crippen LogP contribution is 2.65. The van der Waals surface area contributed by atoms with Crippen molar-refractivity contribution in [3.63, 3.8) is 0 Å². The van der Waals surface area contributed by atoms with Gasteiger partial charge in [0, 0.05) is 19.0 Å². The van der Waals surface area contributed by atoms with Crippen LogP contribution in [0.1, 0.15) is 88.0 Å². The fraction of sp³-hybridized carbons (Fsp3) is 0.821. The van der Waals surface area contributed by atoms with Crippen molar-refractivity contribution < 1.29 is 24.0 Å². The predicted molar refractivity (Wildman–Crippen MR) is 141 cm³/mol. The van der Waals surface area contributed by atoms with Crippen LogP contribution >= 0.6 is 0 Å². The van der Waals surface area contributed by atoms with Crippen molar-refractivity contribution in [3.05, 3.63) is 0 Å². The maximum atomic E-state index is 13.9. The van der Waals surface area contributed by atoms with Crippen molar-refractivity contribution in [2.45, 2.75) is 112 Å². The van der Waals surface area contributed by atoms with Gasteiger partial charge in [-0.1, -0.05) is 53.9 Å². The number of Topliss-reactive ketones (excluding diaryl/α,β-unsaturated/α-hetero) is 2. The van der Waals surface area contributed by atoms with Crippen LogP contribution in [0.25, 0.3) is 0 Å². The van der Waals surface area contributed by atoms with Crippen molar-refractivity contribution in [2.75, 3.05) is 6.54 Å². The van der Waals surface area contributed by atoms with E-state index in [2.05, 4.69) is 29.8 Å². The van der Waals surface area contributed by atoms with E-state index < -0.39 is 52.6 Å². The molecule has 1 saturated heterocycles. The van der Waals surface area contributed by atoms with E-state index in [0.29, 0.717) is 18.9 Å². The molecule has 5 atom stereocenters. The molecule has 2 aliphatic carbocycles. The molecule has 0 spiro atoms. The van der Waals surface area contributed by atoms with Gasteiger partial charge in [-0.05, 0) is 55.8 Å². The molecule has 0 aromatic rings. The van der Waals surface area contributed by atoms with Gasteiger partial charge in [0.15, 0.2) is 5.78 Å². The number of carbonyl (C=O) groups excluding carboxylic acids is 5. The lowest BCUT2D eigenvalue weighted by Gasteiger charge is -2.38. The summed E-state index contributed by atoms with van der Waals surface area (Å²) in [6.45, 7) is 17.0. The summed E-state index contributed by atoms with van der Waals surface area (Å²) in [6, 6.07) is -2.93. The minimum atomic E-state index is -0.873. The fourth-order valence-corrected chi connectivity index (χ4v) is 5.93. The van der Waals surface area contributed by atoms with Crippen molar-refractivity contribution in [3.8, 4) is 0 Å². The van der Waals surface area contributed by atoms with Crippen molar-refractivity contribution in [1.29, 1.82) is 0 Å². The van der Waals surface area contributed by atoms with E-state index >= 15 is 0 Å². The lowest BCUT2D eigenvalue weighted by molar-refractivity contribution is -0.145. The summed E-state index contributed by atoms with van der Waals surface area (Å²) < 4.78 is 0. The first-order valence-corrected chi connectivity index (χ1v) is 13.6. The number of likely N-dealkylation sites (tertiary alicyclic amines) is 1. The predicted octanol–water partition coefficient (Wildman–Crippen LogP) is 2.81. The summed E-state index contributed by atoms with van der Waals surface area (Å²) in [5, 5.41) is 8.55. The molecule has 3 aliphatic rings. The van der Waals surface area contributed by atoms with Gasteiger partial charge in [-0.15, -0.1) is 0 Å². The average Bonchev–Trinajstić information content (AvgIpc) is 3.06. The van der Waals surface area contributed by atoms with Crippen LogP contribution < -0.4 is 16.0 Å². The molecular formula is C28H46N4O5. The zero-order valence-corrected chi connectivity index (χ0v) is 24.0. The van der Waals surface area contributed by atoms with E-state index in [-0.39, 0.29) is 23.2 Å². The molecule has 0 radical (unpaired) electrons. The normalized spacial score (nSPS) is 26.3. The maximum Gasteiger partial charge on any atom is 0.315 e. The molecule has 0 bridgehead atoms. The van der Waals surface area contributed by atoms with E-state index in [9.17, 15) is 24.0 Å². The summed E-state index contributed by atoms with van der Waals surface area (Å²) in [5.41, 5.74) is -1.19. The first-order chi connectivity index (χ1) is 16.8. The Hall–Kier alpha value is -2.45. The molecule has 4 amide bonds. The molecule has 3 N–H and O–H groups in total. The van der Waals surface area contributed by atoms with Crippen LogP contribution in [0.15, 0.2) is 0 Å². The summed E-state index contributed by atoms with van der Waals surface area (Å²) in [4.78, 5) is 66.5. The lowest BCUT2D eigenvalue weighted by atomic mass is 9.79. The van der Waals surface area contributed by atoms with Crippen molar-refractivity contribution in [2.24, 2.45) is 28.6 Å². The van der Waals surface area contributed by atoms with Gasteiger partial charge < -0.3 is 20.9 Å². The second-order valence-electron chi connectivity index (χ2n) is 14.1. The van der Waals surface area contributed by atoms with Gasteiger partial charge in [0.05, 0.1) is 6.04 Å². The molecule has 3 rings (SSSR count). The number of ketones is 2. The second-order valence-corrected chi connectivity index (χ2v) is 14.1. The number of piperidine rings is 1. The summed E-state index contributed by atoms with van der Waals surface area (Å²) in [5.74, 6) is -1.44. The molecule has 9 heteroatoms. The van der Waals surface area contributed by atoms with E-state index in [1.807, 2.05) is 41.5 Å². The van der Waals surface area contributed by atoms with Crippen LogP contribution in [0.2, 0.25) is 0 Å². The molecule has 3 unspecified atom stereocenters. The van der Waals surface area contributed by atoms with E-state index in [4.69, 9.17) is 0 Å².